The zero-order valence-corrected chi connectivity index (χ0v) is 17.5. The minimum Gasteiger partial charge on any atom is -0.342 e. The van der Waals surface area contributed by atoms with E-state index in [1.54, 1.807) is 35.4 Å². The highest BCUT2D eigenvalue weighted by Gasteiger charge is 2.15. The number of nitrogens with zero attached hydrogens (tertiary/aromatic N) is 4. The predicted molar refractivity (Wildman–Crippen MR) is 113 cm³/mol. The van der Waals surface area contributed by atoms with Crippen molar-refractivity contribution in [3.05, 3.63) is 71.8 Å². The van der Waals surface area contributed by atoms with Gasteiger partial charge in [-0.05, 0) is 48.2 Å². The van der Waals surface area contributed by atoms with Crippen LogP contribution in [0.2, 0.25) is 0 Å². The third-order valence-corrected chi connectivity index (χ3v) is 6.15. The van der Waals surface area contributed by atoms with Crippen LogP contribution in [0.1, 0.15) is 36.6 Å². The number of nitrogens with one attached hydrogen (secondary N) is 1. The molecular weight excluding hydrogens is 402 g/mol. The SMILES string of the molecule is CCCCOS(=O)(=O)c1ccc(Cc2ccnc3[nH]c(Cn4ccnn4)cc23)cc1. The van der Waals surface area contributed by atoms with E-state index in [2.05, 4.69) is 26.3 Å². The number of H-pyrrole nitrogens is 1. The van der Waals surface area contributed by atoms with Gasteiger partial charge in [0.1, 0.15) is 5.65 Å². The van der Waals surface area contributed by atoms with Crippen molar-refractivity contribution in [2.24, 2.45) is 0 Å². The van der Waals surface area contributed by atoms with E-state index in [1.807, 2.05) is 25.1 Å². The molecule has 3 heterocycles. The van der Waals surface area contributed by atoms with Crippen LogP contribution < -0.4 is 0 Å². The number of aromatic nitrogens is 5. The van der Waals surface area contributed by atoms with Gasteiger partial charge in [0.25, 0.3) is 10.1 Å². The standard InChI is InChI=1S/C21H23N5O3S/c1-2-3-12-29-30(27,28)19-6-4-16(5-7-19)13-17-8-9-22-21-20(17)14-18(24-21)15-26-11-10-23-25-26/h4-11,14H,2-3,12-13,15H2,1H3,(H,22,24). The molecule has 0 aliphatic rings. The minimum absolute atomic E-state index is 0.180. The first-order valence-electron chi connectivity index (χ1n) is 9.83. The molecule has 9 heteroatoms. The summed E-state index contributed by atoms with van der Waals surface area (Å²) in [5, 5.41) is 8.85. The maximum Gasteiger partial charge on any atom is 0.296 e. The highest BCUT2D eigenvalue weighted by molar-refractivity contribution is 7.86. The molecule has 1 aromatic carbocycles. The first-order chi connectivity index (χ1) is 14.5. The van der Waals surface area contributed by atoms with Crippen molar-refractivity contribution in [3.8, 4) is 0 Å². The summed E-state index contributed by atoms with van der Waals surface area (Å²) in [4.78, 5) is 7.92. The number of pyridine rings is 1. The van der Waals surface area contributed by atoms with Gasteiger partial charge < -0.3 is 4.98 Å². The van der Waals surface area contributed by atoms with E-state index in [0.717, 1.165) is 34.3 Å². The lowest BCUT2D eigenvalue weighted by Crippen LogP contribution is -2.07. The van der Waals surface area contributed by atoms with Crippen LogP contribution in [0, 0.1) is 0 Å². The molecule has 0 amide bonds. The molecular formula is C21H23N5O3S. The summed E-state index contributed by atoms with van der Waals surface area (Å²) in [5.41, 5.74) is 3.91. The van der Waals surface area contributed by atoms with Gasteiger partial charge >= 0.3 is 0 Å². The van der Waals surface area contributed by atoms with E-state index in [1.165, 1.54) is 0 Å². The van der Waals surface area contributed by atoms with Crippen LogP contribution in [-0.2, 0) is 27.3 Å². The van der Waals surface area contributed by atoms with Gasteiger partial charge in [-0.2, -0.15) is 8.42 Å². The lowest BCUT2D eigenvalue weighted by molar-refractivity contribution is 0.311. The third kappa shape index (κ3) is 4.58. The van der Waals surface area contributed by atoms with Crippen LogP contribution in [0.3, 0.4) is 0 Å². The molecule has 0 saturated carbocycles. The summed E-state index contributed by atoms with van der Waals surface area (Å²) >= 11 is 0. The second kappa shape index (κ2) is 8.76. The molecule has 8 nitrogen and oxygen atoms in total. The molecule has 0 atom stereocenters. The van der Waals surface area contributed by atoms with Crippen LogP contribution in [0.5, 0.6) is 0 Å². The van der Waals surface area contributed by atoms with Gasteiger partial charge in [0.15, 0.2) is 0 Å². The van der Waals surface area contributed by atoms with Gasteiger partial charge in [0.05, 0.1) is 24.2 Å². The Balaban J connectivity index is 1.52. The van der Waals surface area contributed by atoms with Crippen molar-refractivity contribution in [2.75, 3.05) is 6.61 Å². The van der Waals surface area contributed by atoms with E-state index < -0.39 is 10.1 Å². The van der Waals surface area contributed by atoms with Crippen LogP contribution in [0.25, 0.3) is 11.0 Å². The number of rotatable bonds is 9. The summed E-state index contributed by atoms with van der Waals surface area (Å²) in [5.74, 6) is 0. The highest BCUT2D eigenvalue weighted by atomic mass is 32.2. The molecule has 156 valence electrons. The average molecular weight is 426 g/mol. The maximum atomic E-state index is 12.2. The van der Waals surface area contributed by atoms with E-state index in [9.17, 15) is 8.42 Å². The Morgan fingerprint density at radius 3 is 2.70 bits per heavy atom. The van der Waals surface area contributed by atoms with Gasteiger partial charge in [-0.25, -0.2) is 9.67 Å². The summed E-state index contributed by atoms with van der Waals surface area (Å²) in [7, 11) is -3.71. The molecule has 4 rings (SSSR count). The van der Waals surface area contributed by atoms with Crippen molar-refractivity contribution in [1.29, 1.82) is 0 Å². The van der Waals surface area contributed by atoms with Crippen LogP contribution in [0.15, 0.2) is 59.9 Å². The van der Waals surface area contributed by atoms with Crippen LogP contribution in [-0.4, -0.2) is 40.0 Å². The van der Waals surface area contributed by atoms with Crippen LogP contribution in [0.4, 0.5) is 0 Å². The first kappa shape index (κ1) is 20.2. The molecule has 3 aromatic heterocycles. The zero-order chi connectivity index (χ0) is 21.0. The number of hydrogen-bond acceptors (Lipinski definition) is 6. The Kier molecular flexibility index (Phi) is 5.91. The molecule has 0 fully saturated rings. The Labute approximate surface area is 175 Å². The Hall–Kier alpha value is -3.04. The fraction of sp³-hybridized carbons (Fsp3) is 0.286. The van der Waals surface area contributed by atoms with Gasteiger partial charge in [0, 0.05) is 23.5 Å². The maximum absolute atomic E-state index is 12.2. The topological polar surface area (TPSA) is 103 Å². The second-order valence-electron chi connectivity index (χ2n) is 7.08. The fourth-order valence-electron chi connectivity index (χ4n) is 3.24. The van der Waals surface area contributed by atoms with E-state index >= 15 is 0 Å². The molecule has 0 spiro atoms. The zero-order valence-electron chi connectivity index (χ0n) is 16.7. The van der Waals surface area contributed by atoms with Crippen molar-refractivity contribution in [1.82, 2.24) is 25.0 Å². The van der Waals surface area contributed by atoms with Crippen molar-refractivity contribution >= 4 is 21.2 Å². The van der Waals surface area contributed by atoms with E-state index in [4.69, 9.17) is 4.18 Å². The second-order valence-corrected chi connectivity index (χ2v) is 8.69. The molecule has 4 aromatic rings. The molecule has 0 aliphatic carbocycles. The Morgan fingerprint density at radius 2 is 1.97 bits per heavy atom. The molecule has 1 N–H and O–H groups in total. The Bertz CT molecular complexity index is 1220. The van der Waals surface area contributed by atoms with Gasteiger partial charge in [0.2, 0.25) is 0 Å². The summed E-state index contributed by atoms with van der Waals surface area (Å²) in [6, 6.07) is 10.9. The molecule has 0 saturated heterocycles. The summed E-state index contributed by atoms with van der Waals surface area (Å²) in [6.07, 6.45) is 7.48. The van der Waals surface area contributed by atoms with E-state index in [0.29, 0.717) is 19.4 Å². The summed E-state index contributed by atoms with van der Waals surface area (Å²) in [6.45, 7) is 2.78. The molecule has 30 heavy (non-hydrogen) atoms. The van der Waals surface area contributed by atoms with Crippen molar-refractivity contribution < 1.29 is 12.6 Å². The number of hydrogen-bond donors (Lipinski definition) is 1. The normalized spacial score (nSPS) is 11.9. The number of fused-ring (bicyclic) bond motifs is 1. The predicted octanol–water partition coefficient (Wildman–Crippen LogP) is 3.30. The minimum atomic E-state index is -3.71. The van der Waals surface area contributed by atoms with Gasteiger partial charge in [-0.3, -0.25) is 4.18 Å². The first-order valence-corrected chi connectivity index (χ1v) is 11.2. The van der Waals surface area contributed by atoms with Crippen molar-refractivity contribution in [2.45, 2.75) is 37.6 Å². The van der Waals surface area contributed by atoms with Gasteiger partial charge in [-0.1, -0.05) is 30.7 Å². The molecule has 0 aliphatic heterocycles. The quantitative estimate of drug-likeness (QED) is 0.326. The molecule has 0 radical (unpaired) electrons. The molecule has 0 bridgehead atoms. The summed E-state index contributed by atoms with van der Waals surface area (Å²) < 4.78 is 31.3. The lowest BCUT2D eigenvalue weighted by atomic mass is 10.0. The Morgan fingerprint density at radius 1 is 1.13 bits per heavy atom. The monoisotopic (exact) mass is 425 g/mol. The highest BCUT2D eigenvalue weighted by Crippen LogP contribution is 2.22. The van der Waals surface area contributed by atoms with Crippen molar-refractivity contribution in [3.63, 3.8) is 0 Å². The van der Waals surface area contributed by atoms with Crippen LogP contribution >= 0.6 is 0 Å². The number of aromatic amines is 1. The number of unbranched alkanes of at least 4 members (excludes halogenated alkanes) is 1. The van der Waals surface area contributed by atoms with Gasteiger partial charge in [-0.15, -0.1) is 5.10 Å². The lowest BCUT2D eigenvalue weighted by Gasteiger charge is -2.07. The fourth-order valence-corrected chi connectivity index (χ4v) is 4.18. The smallest absolute Gasteiger partial charge is 0.296 e. The van der Waals surface area contributed by atoms with E-state index in [-0.39, 0.29) is 11.5 Å². The third-order valence-electron chi connectivity index (χ3n) is 4.83. The number of benzene rings is 1. The average Bonchev–Trinajstić information content (AvgIpc) is 3.39. The molecule has 0 unspecified atom stereocenters. The largest absolute Gasteiger partial charge is 0.342 e.